The van der Waals surface area contributed by atoms with Crippen LogP contribution < -0.4 is 0 Å². The topological polar surface area (TPSA) is 29.5 Å². The number of thioether (sulfide) groups is 1. The number of hydrogen-bond donors (Lipinski definition) is 1. The number of hydrogen-bond acceptors (Lipinski definition) is 3. The first kappa shape index (κ1) is 17.7. The van der Waals surface area contributed by atoms with E-state index in [1.54, 1.807) is 11.1 Å². The van der Waals surface area contributed by atoms with Gasteiger partial charge in [0.2, 0.25) is 0 Å². The number of aliphatic hydroxyl groups is 1. The molecule has 0 radical (unpaired) electrons. The monoisotopic (exact) mass is 374 g/mol. The lowest BCUT2D eigenvalue weighted by atomic mass is 9.49. The van der Waals surface area contributed by atoms with Crippen molar-refractivity contribution in [2.45, 2.75) is 70.8 Å². The summed E-state index contributed by atoms with van der Waals surface area (Å²) in [6.45, 7) is 4.69. The molecule has 0 saturated heterocycles. The Hall–Kier alpha value is -0.410. The van der Waals surface area contributed by atoms with E-state index in [1.165, 1.54) is 37.9 Å². The maximum atomic E-state index is 11.7. The molecule has 1 N–H and O–H groups in total. The fourth-order valence-corrected chi connectivity index (χ4v) is 8.93. The van der Waals surface area contributed by atoms with Crippen LogP contribution in [-0.2, 0) is 4.74 Å². The van der Waals surface area contributed by atoms with Crippen LogP contribution in [0.15, 0.2) is 23.0 Å². The number of fused-ring (bicyclic) bond motifs is 2. The Morgan fingerprint density at radius 3 is 2.92 bits per heavy atom. The summed E-state index contributed by atoms with van der Waals surface area (Å²) in [5.74, 6) is 5.64. The predicted octanol–water partition coefficient (Wildman–Crippen LogP) is 5.33. The maximum absolute atomic E-state index is 11.7. The predicted molar refractivity (Wildman–Crippen MR) is 108 cm³/mol. The van der Waals surface area contributed by atoms with Crippen molar-refractivity contribution in [2.24, 2.45) is 28.6 Å². The van der Waals surface area contributed by atoms with Gasteiger partial charge in [-0.3, -0.25) is 0 Å². The normalized spacial score (nSPS) is 48.9. The van der Waals surface area contributed by atoms with Gasteiger partial charge in [-0.05, 0) is 79.9 Å². The quantitative estimate of drug-likeness (QED) is 0.675. The maximum Gasteiger partial charge on any atom is 0.0959 e. The average molecular weight is 375 g/mol. The smallest absolute Gasteiger partial charge is 0.0959 e. The van der Waals surface area contributed by atoms with Crippen molar-refractivity contribution in [3.05, 3.63) is 23.0 Å². The largest absolute Gasteiger partial charge is 0.501 e. The number of allylic oxidation sites excluding steroid dienone is 3. The molecule has 3 saturated carbocycles. The molecular weight excluding hydrogens is 340 g/mol. The Labute approximate surface area is 162 Å². The van der Waals surface area contributed by atoms with Gasteiger partial charge in [-0.2, -0.15) is 11.8 Å². The van der Waals surface area contributed by atoms with Crippen molar-refractivity contribution in [1.29, 1.82) is 0 Å². The zero-order valence-electron chi connectivity index (χ0n) is 16.6. The first-order valence-corrected chi connectivity index (χ1v) is 11.9. The summed E-state index contributed by atoms with van der Waals surface area (Å²) in [5, 5.41) is 11.7. The lowest BCUT2D eigenvalue weighted by molar-refractivity contribution is -0.120. The van der Waals surface area contributed by atoms with Crippen molar-refractivity contribution < 1.29 is 9.84 Å². The summed E-state index contributed by atoms with van der Waals surface area (Å²) in [7, 11) is 1.82. The molecule has 0 aromatic carbocycles. The third kappa shape index (κ3) is 2.05. The minimum atomic E-state index is -0.425. The van der Waals surface area contributed by atoms with Crippen molar-refractivity contribution in [3.63, 3.8) is 0 Å². The van der Waals surface area contributed by atoms with E-state index in [4.69, 9.17) is 4.74 Å². The summed E-state index contributed by atoms with van der Waals surface area (Å²) in [6, 6.07) is 0. The molecular formula is C23H34O2S. The highest BCUT2D eigenvalue weighted by Gasteiger charge is 2.80. The molecule has 0 aliphatic heterocycles. The minimum absolute atomic E-state index is 0.147. The van der Waals surface area contributed by atoms with E-state index in [0.717, 1.165) is 48.5 Å². The Balaban J connectivity index is 1.45. The Kier molecular flexibility index (Phi) is 3.94. The zero-order chi connectivity index (χ0) is 18.2. The van der Waals surface area contributed by atoms with Gasteiger partial charge < -0.3 is 9.84 Å². The van der Waals surface area contributed by atoms with E-state index in [1.807, 2.05) is 18.9 Å². The molecule has 1 spiro atoms. The van der Waals surface area contributed by atoms with Crippen molar-refractivity contribution in [2.75, 3.05) is 18.6 Å². The zero-order valence-corrected chi connectivity index (χ0v) is 17.5. The van der Waals surface area contributed by atoms with Crippen LogP contribution in [0, 0.1) is 28.6 Å². The van der Waals surface area contributed by atoms with Gasteiger partial charge in [0.25, 0.3) is 0 Å². The Bertz CT molecular complexity index is 682. The van der Waals surface area contributed by atoms with Crippen LogP contribution in [0.1, 0.15) is 65.2 Å². The Morgan fingerprint density at radius 1 is 1.31 bits per heavy atom. The number of rotatable bonds is 4. The van der Waals surface area contributed by atoms with E-state index in [0.29, 0.717) is 5.41 Å². The summed E-state index contributed by atoms with van der Waals surface area (Å²) < 4.78 is 5.55. The van der Waals surface area contributed by atoms with Crippen LogP contribution in [0.2, 0.25) is 0 Å². The van der Waals surface area contributed by atoms with Gasteiger partial charge in [0.15, 0.2) is 0 Å². The van der Waals surface area contributed by atoms with Crippen LogP contribution >= 0.6 is 11.8 Å². The van der Waals surface area contributed by atoms with Crippen LogP contribution in [0.3, 0.4) is 0 Å². The first-order valence-electron chi connectivity index (χ1n) is 10.7. The molecule has 3 heteroatoms. The second-order valence-electron chi connectivity index (χ2n) is 9.82. The van der Waals surface area contributed by atoms with Gasteiger partial charge in [-0.15, -0.1) is 0 Å². The lowest BCUT2D eigenvalue weighted by Gasteiger charge is -2.57. The van der Waals surface area contributed by atoms with Gasteiger partial charge in [0.05, 0.1) is 18.5 Å². The number of methoxy groups -OCH3 is 1. The molecule has 0 unspecified atom stereocenters. The second-order valence-corrected chi connectivity index (χ2v) is 11.1. The summed E-state index contributed by atoms with van der Waals surface area (Å²) in [5.41, 5.74) is 3.63. The van der Waals surface area contributed by atoms with E-state index in [-0.39, 0.29) is 5.41 Å². The summed E-state index contributed by atoms with van der Waals surface area (Å²) in [4.78, 5) is 0. The lowest BCUT2D eigenvalue weighted by Crippen LogP contribution is -2.55. The first-order chi connectivity index (χ1) is 12.5. The molecule has 3 fully saturated rings. The molecule has 0 aromatic heterocycles. The third-order valence-corrected chi connectivity index (χ3v) is 10.4. The van der Waals surface area contributed by atoms with Crippen molar-refractivity contribution in [1.82, 2.24) is 0 Å². The van der Waals surface area contributed by atoms with Crippen molar-refractivity contribution >= 4 is 11.8 Å². The molecule has 5 aliphatic carbocycles. The fraction of sp³-hybridized carbons (Fsp3) is 0.826. The highest BCUT2D eigenvalue weighted by atomic mass is 32.2. The molecule has 0 heterocycles. The fourth-order valence-electron chi connectivity index (χ4n) is 7.95. The van der Waals surface area contributed by atoms with E-state index >= 15 is 0 Å². The molecule has 5 aliphatic rings. The van der Waals surface area contributed by atoms with Gasteiger partial charge in [0, 0.05) is 17.6 Å². The SMILES string of the molecule is CCSC[C@]1(O)C[C@H]2C[C@]23[C@@H]2CCC4=C(CC=C(OC)C4)[C@H]2CC[C@]13C. The molecule has 5 rings (SSSR count). The van der Waals surface area contributed by atoms with Crippen LogP contribution in [0.25, 0.3) is 0 Å². The highest BCUT2D eigenvalue weighted by molar-refractivity contribution is 7.99. The third-order valence-electron chi connectivity index (χ3n) is 9.30. The molecule has 0 bridgehead atoms. The molecule has 144 valence electrons. The molecule has 26 heavy (non-hydrogen) atoms. The van der Waals surface area contributed by atoms with E-state index in [2.05, 4.69) is 19.9 Å². The van der Waals surface area contributed by atoms with Gasteiger partial charge in [0.1, 0.15) is 0 Å². The Morgan fingerprint density at radius 2 is 2.15 bits per heavy atom. The molecule has 0 amide bonds. The average Bonchev–Trinajstić information content (AvgIpc) is 3.32. The molecule has 0 aromatic rings. The summed E-state index contributed by atoms with van der Waals surface area (Å²) in [6.07, 6.45) is 12.1. The minimum Gasteiger partial charge on any atom is -0.501 e. The van der Waals surface area contributed by atoms with Crippen molar-refractivity contribution in [3.8, 4) is 0 Å². The van der Waals surface area contributed by atoms with Gasteiger partial charge in [-0.1, -0.05) is 25.0 Å². The van der Waals surface area contributed by atoms with Crippen LogP contribution in [-0.4, -0.2) is 29.3 Å². The van der Waals surface area contributed by atoms with Crippen LogP contribution in [0.4, 0.5) is 0 Å². The highest BCUT2D eigenvalue weighted by Crippen LogP contribution is 2.84. The standard InChI is InChI=1S/C23H34O2S/c1-4-26-14-22(24)12-16-13-23(16)20-8-5-15-11-17(25-3)6-7-18(15)19(20)9-10-21(22,23)2/h6,16,19-20,24H,4-5,7-14H2,1-3H3/t16-,19+,20+,21+,22+,23+/m0/s1. The summed E-state index contributed by atoms with van der Waals surface area (Å²) >= 11 is 1.95. The molecule has 6 atom stereocenters. The van der Waals surface area contributed by atoms with Crippen LogP contribution in [0.5, 0.6) is 0 Å². The molecule has 2 nitrogen and oxygen atoms in total. The van der Waals surface area contributed by atoms with E-state index < -0.39 is 5.60 Å². The second kappa shape index (κ2) is 5.80. The van der Waals surface area contributed by atoms with Gasteiger partial charge >= 0.3 is 0 Å². The number of ether oxygens (including phenoxy) is 1. The van der Waals surface area contributed by atoms with E-state index in [9.17, 15) is 5.11 Å². The van der Waals surface area contributed by atoms with Gasteiger partial charge in [-0.25, -0.2) is 0 Å².